The van der Waals surface area contributed by atoms with Crippen LogP contribution in [-0.2, 0) is 17.7 Å². The molecule has 0 fully saturated rings. The molecule has 6 heteroatoms. The summed E-state index contributed by atoms with van der Waals surface area (Å²) in [7, 11) is 1.64. The van der Waals surface area contributed by atoms with E-state index in [2.05, 4.69) is 4.98 Å². The molecule has 2 N–H and O–H groups in total. The van der Waals surface area contributed by atoms with Crippen LogP contribution in [0, 0.1) is 0 Å². The summed E-state index contributed by atoms with van der Waals surface area (Å²) in [6.45, 7) is 2.85. The van der Waals surface area contributed by atoms with Crippen molar-refractivity contribution in [3.63, 3.8) is 0 Å². The zero-order chi connectivity index (χ0) is 13.5. The second kappa shape index (κ2) is 7.00. The molecule has 0 aliphatic rings. The van der Waals surface area contributed by atoms with E-state index in [-0.39, 0.29) is 11.4 Å². The van der Waals surface area contributed by atoms with Crippen LogP contribution in [-0.4, -0.2) is 28.4 Å². The topological polar surface area (TPSA) is 84.3 Å². The Morgan fingerprint density at radius 3 is 2.61 bits per heavy atom. The first kappa shape index (κ1) is 14.5. The van der Waals surface area contributed by atoms with E-state index in [0.717, 1.165) is 19.3 Å². The molecule has 1 aromatic heterocycles. The molecule has 0 aliphatic carbocycles. The lowest BCUT2D eigenvalue weighted by atomic mass is 10.2. The molecule has 0 atom stereocenters. The van der Waals surface area contributed by atoms with Gasteiger partial charge in [-0.3, -0.25) is 14.3 Å². The molecule has 1 aromatic rings. The first-order chi connectivity index (χ1) is 8.61. The van der Waals surface area contributed by atoms with Gasteiger partial charge in [-0.05, 0) is 25.7 Å². The lowest BCUT2D eigenvalue weighted by Gasteiger charge is -2.10. The van der Waals surface area contributed by atoms with Crippen molar-refractivity contribution >= 4 is 0 Å². The summed E-state index contributed by atoms with van der Waals surface area (Å²) in [5.74, 6) is -0.210. The van der Waals surface area contributed by atoms with Gasteiger partial charge in [0.1, 0.15) is 0 Å². The molecule has 102 valence electrons. The first-order valence-electron chi connectivity index (χ1n) is 6.15. The number of hydrogen-bond donors (Lipinski definition) is 2. The lowest BCUT2D eigenvalue weighted by Crippen LogP contribution is -2.32. The molecule has 0 amide bonds. The molecule has 6 nitrogen and oxygen atoms in total. The molecule has 0 bridgehead atoms. The van der Waals surface area contributed by atoms with Crippen LogP contribution in [0.5, 0.6) is 5.88 Å². The van der Waals surface area contributed by atoms with Gasteiger partial charge in [0, 0.05) is 20.3 Å². The second-order valence-corrected chi connectivity index (χ2v) is 4.12. The van der Waals surface area contributed by atoms with Crippen LogP contribution in [0.1, 0.15) is 31.7 Å². The van der Waals surface area contributed by atoms with Crippen molar-refractivity contribution in [2.45, 2.75) is 39.2 Å². The van der Waals surface area contributed by atoms with Crippen LogP contribution >= 0.6 is 0 Å². The number of ether oxygens (including phenoxy) is 1. The smallest absolute Gasteiger partial charge is 0.331 e. The summed E-state index contributed by atoms with van der Waals surface area (Å²) < 4.78 is 6.14. The van der Waals surface area contributed by atoms with Gasteiger partial charge in [-0.2, -0.15) is 0 Å². The van der Waals surface area contributed by atoms with Gasteiger partial charge in [-0.15, -0.1) is 0 Å². The van der Waals surface area contributed by atoms with E-state index >= 15 is 0 Å². The molecule has 0 aliphatic heterocycles. The molecule has 0 radical (unpaired) electrons. The first-order valence-corrected chi connectivity index (χ1v) is 6.15. The van der Waals surface area contributed by atoms with Gasteiger partial charge in [-0.1, -0.05) is 6.92 Å². The number of nitrogens with one attached hydrogen (secondary N) is 1. The largest absolute Gasteiger partial charge is 0.494 e. The minimum Gasteiger partial charge on any atom is -0.494 e. The quantitative estimate of drug-likeness (QED) is 0.700. The van der Waals surface area contributed by atoms with Crippen molar-refractivity contribution < 1.29 is 9.84 Å². The minimum absolute atomic E-state index is 0.210. The average molecular weight is 256 g/mol. The Hall–Kier alpha value is -1.56. The fourth-order valence-electron chi connectivity index (χ4n) is 1.82. The minimum atomic E-state index is -0.554. The Morgan fingerprint density at radius 1 is 1.28 bits per heavy atom. The maximum absolute atomic E-state index is 11.6. The van der Waals surface area contributed by atoms with Gasteiger partial charge in [0.2, 0.25) is 5.88 Å². The third kappa shape index (κ3) is 3.46. The van der Waals surface area contributed by atoms with Crippen LogP contribution < -0.4 is 11.2 Å². The van der Waals surface area contributed by atoms with Gasteiger partial charge < -0.3 is 9.84 Å². The Balaban J connectivity index is 2.77. The monoisotopic (exact) mass is 256 g/mol. The Labute approximate surface area is 105 Å². The number of aromatic nitrogens is 2. The molecule has 0 saturated carbocycles. The van der Waals surface area contributed by atoms with Gasteiger partial charge in [-0.25, -0.2) is 4.79 Å². The lowest BCUT2D eigenvalue weighted by molar-refractivity contribution is 0.191. The van der Waals surface area contributed by atoms with E-state index in [0.29, 0.717) is 19.6 Å². The predicted molar refractivity (Wildman–Crippen MR) is 68.1 cm³/mol. The van der Waals surface area contributed by atoms with Crippen molar-refractivity contribution in [2.75, 3.05) is 13.7 Å². The molecule has 0 saturated heterocycles. The Bertz CT molecular complexity index is 490. The molecule has 1 heterocycles. The molecule has 18 heavy (non-hydrogen) atoms. The highest BCUT2D eigenvalue weighted by Crippen LogP contribution is 2.11. The molecule has 1 rings (SSSR count). The van der Waals surface area contributed by atoms with Gasteiger partial charge in [0.15, 0.2) is 0 Å². The Morgan fingerprint density at radius 2 is 2.00 bits per heavy atom. The molecular formula is C12H20N2O4. The van der Waals surface area contributed by atoms with Crippen molar-refractivity contribution in [3.8, 4) is 5.88 Å². The molecule has 0 spiro atoms. The number of rotatable bonds is 7. The van der Waals surface area contributed by atoms with Crippen LogP contribution in [0.25, 0.3) is 0 Å². The predicted octanol–water partition coefficient (Wildman–Crippen LogP) is 0.621. The summed E-state index contributed by atoms with van der Waals surface area (Å²) in [5.41, 5.74) is -0.802. The summed E-state index contributed by atoms with van der Waals surface area (Å²) >= 11 is 0. The van der Waals surface area contributed by atoms with Gasteiger partial charge >= 0.3 is 5.69 Å². The summed E-state index contributed by atoms with van der Waals surface area (Å²) in [6, 6.07) is 0. The van der Waals surface area contributed by atoms with Crippen molar-refractivity contribution in [1.82, 2.24) is 9.55 Å². The third-order valence-electron chi connectivity index (χ3n) is 2.85. The highest BCUT2D eigenvalue weighted by atomic mass is 16.5. The highest BCUT2D eigenvalue weighted by Gasteiger charge is 2.11. The number of unbranched alkanes of at least 4 members (excludes halogenated alkanes) is 2. The normalized spacial score (nSPS) is 10.8. The summed E-state index contributed by atoms with van der Waals surface area (Å²) in [4.78, 5) is 25.2. The van der Waals surface area contributed by atoms with Crippen molar-refractivity contribution in [3.05, 3.63) is 26.4 Å². The van der Waals surface area contributed by atoms with Crippen molar-refractivity contribution in [2.24, 2.45) is 0 Å². The average Bonchev–Trinajstić information content (AvgIpc) is 2.32. The van der Waals surface area contributed by atoms with E-state index in [4.69, 9.17) is 4.74 Å². The van der Waals surface area contributed by atoms with E-state index < -0.39 is 11.2 Å². The second-order valence-electron chi connectivity index (χ2n) is 4.12. The van der Waals surface area contributed by atoms with Gasteiger partial charge in [0.05, 0.1) is 5.56 Å². The zero-order valence-corrected chi connectivity index (χ0v) is 10.9. The fraction of sp³-hybridized carbons (Fsp3) is 0.667. The number of aromatic hydroxyl groups is 1. The number of H-pyrrole nitrogens is 1. The number of hydrogen-bond acceptors (Lipinski definition) is 4. The number of methoxy groups -OCH3 is 1. The van der Waals surface area contributed by atoms with Crippen LogP contribution in [0.4, 0.5) is 0 Å². The maximum atomic E-state index is 11.6. The SMILES string of the molecule is CCc1c(O)n(CCCCCOC)c(=O)[nH]c1=O. The van der Waals surface area contributed by atoms with Gasteiger partial charge in [0.25, 0.3) is 5.56 Å². The molecular weight excluding hydrogens is 236 g/mol. The van der Waals surface area contributed by atoms with E-state index in [9.17, 15) is 14.7 Å². The highest BCUT2D eigenvalue weighted by molar-refractivity contribution is 5.22. The Kier molecular flexibility index (Phi) is 5.64. The molecule has 0 unspecified atom stereocenters. The fourth-order valence-corrected chi connectivity index (χ4v) is 1.82. The summed E-state index contributed by atoms with van der Waals surface area (Å²) in [6.07, 6.45) is 2.97. The van der Waals surface area contributed by atoms with Crippen molar-refractivity contribution in [1.29, 1.82) is 0 Å². The summed E-state index contributed by atoms with van der Waals surface area (Å²) in [5, 5.41) is 9.87. The zero-order valence-electron chi connectivity index (χ0n) is 10.9. The van der Waals surface area contributed by atoms with E-state index in [1.165, 1.54) is 4.57 Å². The number of nitrogens with zero attached hydrogens (tertiary/aromatic N) is 1. The van der Waals surface area contributed by atoms with Crippen LogP contribution in [0.2, 0.25) is 0 Å². The van der Waals surface area contributed by atoms with E-state index in [1.54, 1.807) is 14.0 Å². The van der Waals surface area contributed by atoms with Crippen LogP contribution in [0.3, 0.4) is 0 Å². The third-order valence-corrected chi connectivity index (χ3v) is 2.85. The molecule has 0 aromatic carbocycles. The number of aromatic amines is 1. The van der Waals surface area contributed by atoms with E-state index in [1.807, 2.05) is 0 Å². The van der Waals surface area contributed by atoms with Crippen LogP contribution in [0.15, 0.2) is 9.59 Å². The maximum Gasteiger partial charge on any atom is 0.331 e. The standard InChI is InChI=1S/C12H20N2O4/c1-3-9-10(15)13-12(17)14(11(9)16)7-5-4-6-8-18-2/h16H,3-8H2,1-2H3,(H,13,15,17).